The van der Waals surface area contributed by atoms with E-state index in [9.17, 15) is 10.1 Å². The molecule has 0 aliphatic rings. The average Bonchev–Trinajstić information content (AvgIpc) is 2.58. The van der Waals surface area contributed by atoms with Crippen molar-refractivity contribution in [2.75, 3.05) is 19.0 Å². The molecule has 0 saturated heterocycles. The molecule has 0 spiro atoms. The van der Waals surface area contributed by atoms with Crippen molar-refractivity contribution in [2.24, 2.45) is 0 Å². The molecule has 1 aromatic carbocycles. The van der Waals surface area contributed by atoms with Crippen molar-refractivity contribution >= 4 is 11.6 Å². The third-order valence-corrected chi connectivity index (χ3v) is 3.77. The number of benzene rings is 1. The Balaban J connectivity index is 2.90. The molecule has 1 atom stereocenters. The molecule has 0 fully saturated rings. The second-order valence-electron chi connectivity index (χ2n) is 5.66. The fraction of sp³-hybridized carbons (Fsp3) is 0.556. The van der Waals surface area contributed by atoms with Gasteiger partial charge in [-0.05, 0) is 38.0 Å². The molecular weight excluding hydrogens is 292 g/mol. The van der Waals surface area contributed by atoms with Crippen molar-refractivity contribution in [1.29, 1.82) is 5.26 Å². The number of amides is 1. The number of hydrogen-bond acceptors (Lipinski definition) is 4. The first kappa shape index (κ1) is 19.0. The van der Waals surface area contributed by atoms with Gasteiger partial charge in [-0.25, -0.2) is 0 Å². The Morgan fingerprint density at radius 1 is 1.35 bits per heavy atom. The summed E-state index contributed by atoms with van der Waals surface area (Å²) in [5.41, 5.74) is -0.0536. The van der Waals surface area contributed by atoms with E-state index in [4.69, 9.17) is 9.47 Å². The summed E-state index contributed by atoms with van der Waals surface area (Å²) >= 11 is 0. The number of nitrogens with one attached hydrogen (secondary N) is 1. The Morgan fingerprint density at radius 2 is 2.09 bits per heavy atom. The molecule has 0 aliphatic heterocycles. The second-order valence-corrected chi connectivity index (χ2v) is 5.66. The standard InChI is InChI=1S/C18H26N2O3/c1-5-7-10-18(3,22-4)17(21)20-16-9-8-15(23-11-6-2)12-14(16)13-19/h8-9,12H,5-7,10-11H2,1-4H3,(H,20,21). The van der Waals surface area contributed by atoms with Crippen LogP contribution in [0.3, 0.4) is 0 Å². The number of carbonyl (C=O) groups excluding carboxylic acids is 1. The molecule has 1 rings (SSSR count). The van der Waals surface area contributed by atoms with Crippen molar-refractivity contribution in [3.8, 4) is 11.8 Å². The Kier molecular flexibility index (Phi) is 7.56. The van der Waals surface area contributed by atoms with E-state index in [0.29, 0.717) is 30.0 Å². The molecule has 5 nitrogen and oxygen atoms in total. The molecule has 1 unspecified atom stereocenters. The van der Waals surface area contributed by atoms with Crippen LogP contribution in [0.5, 0.6) is 5.75 Å². The van der Waals surface area contributed by atoms with E-state index in [0.717, 1.165) is 19.3 Å². The molecule has 0 aromatic heterocycles. The van der Waals surface area contributed by atoms with Gasteiger partial charge in [0.2, 0.25) is 0 Å². The summed E-state index contributed by atoms with van der Waals surface area (Å²) in [7, 11) is 1.53. The zero-order valence-corrected chi connectivity index (χ0v) is 14.4. The lowest BCUT2D eigenvalue weighted by molar-refractivity contribution is -0.136. The van der Waals surface area contributed by atoms with Crippen LogP contribution in [0.15, 0.2) is 18.2 Å². The van der Waals surface area contributed by atoms with Crippen LogP contribution in [0.2, 0.25) is 0 Å². The minimum atomic E-state index is -0.903. The zero-order valence-electron chi connectivity index (χ0n) is 14.4. The lowest BCUT2D eigenvalue weighted by Crippen LogP contribution is -2.42. The van der Waals surface area contributed by atoms with Crippen LogP contribution in [0, 0.1) is 11.3 Å². The largest absolute Gasteiger partial charge is 0.494 e. The zero-order chi connectivity index (χ0) is 17.3. The van der Waals surface area contributed by atoms with E-state index in [1.165, 1.54) is 7.11 Å². The number of hydrogen-bond donors (Lipinski definition) is 1. The highest BCUT2D eigenvalue weighted by atomic mass is 16.5. The van der Waals surface area contributed by atoms with Gasteiger partial charge in [-0.1, -0.05) is 26.7 Å². The van der Waals surface area contributed by atoms with Gasteiger partial charge in [-0.3, -0.25) is 4.79 Å². The van der Waals surface area contributed by atoms with Gasteiger partial charge in [0.1, 0.15) is 17.4 Å². The van der Waals surface area contributed by atoms with Gasteiger partial charge in [0, 0.05) is 7.11 Å². The number of rotatable bonds is 9. The topological polar surface area (TPSA) is 71.3 Å². The highest BCUT2D eigenvalue weighted by Crippen LogP contribution is 2.25. The summed E-state index contributed by atoms with van der Waals surface area (Å²) < 4.78 is 10.9. The van der Waals surface area contributed by atoms with Crippen LogP contribution >= 0.6 is 0 Å². The van der Waals surface area contributed by atoms with Gasteiger partial charge in [0.15, 0.2) is 0 Å². The molecule has 5 heteroatoms. The van der Waals surface area contributed by atoms with Crippen LogP contribution in [0.4, 0.5) is 5.69 Å². The fourth-order valence-corrected chi connectivity index (χ4v) is 2.11. The number of ether oxygens (including phenoxy) is 2. The molecule has 126 valence electrons. The Bertz CT molecular complexity index is 566. The molecule has 1 aromatic rings. The second kappa shape index (κ2) is 9.16. The number of nitrogens with zero attached hydrogens (tertiary/aromatic N) is 1. The summed E-state index contributed by atoms with van der Waals surface area (Å²) in [5.74, 6) is 0.383. The van der Waals surface area contributed by atoms with Gasteiger partial charge in [0.05, 0.1) is 17.9 Å². The lowest BCUT2D eigenvalue weighted by Gasteiger charge is -2.27. The quantitative estimate of drug-likeness (QED) is 0.750. The molecule has 23 heavy (non-hydrogen) atoms. The van der Waals surface area contributed by atoms with Gasteiger partial charge >= 0.3 is 0 Å². The summed E-state index contributed by atoms with van der Waals surface area (Å²) in [6.45, 7) is 6.44. The number of methoxy groups -OCH3 is 1. The van der Waals surface area contributed by atoms with E-state index in [1.807, 2.05) is 6.92 Å². The Morgan fingerprint density at radius 3 is 2.65 bits per heavy atom. The van der Waals surface area contributed by atoms with Crippen LogP contribution in [0.1, 0.15) is 52.0 Å². The fourth-order valence-electron chi connectivity index (χ4n) is 2.11. The van der Waals surface area contributed by atoms with Crippen molar-refractivity contribution in [3.05, 3.63) is 23.8 Å². The molecule has 0 heterocycles. The van der Waals surface area contributed by atoms with Gasteiger partial charge < -0.3 is 14.8 Å². The minimum Gasteiger partial charge on any atom is -0.494 e. The molecular formula is C18H26N2O3. The Hall–Kier alpha value is -2.06. The van der Waals surface area contributed by atoms with E-state index in [2.05, 4.69) is 18.3 Å². The summed E-state index contributed by atoms with van der Waals surface area (Å²) in [6, 6.07) is 7.18. The van der Waals surface area contributed by atoms with E-state index >= 15 is 0 Å². The maximum absolute atomic E-state index is 12.5. The van der Waals surface area contributed by atoms with Crippen molar-refractivity contribution in [3.63, 3.8) is 0 Å². The Labute approximate surface area is 138 Å². The summed E-state index contributed by atoms with van der Waals surface area (Å²) in [6.07, 6.45) is 3.40. The first-order chi connectivity index (χ1) is 11.0. The number of nitriles is 1. The van der Waals surface area contributed by atoms with Crippen LogP contribution < -0.4 is 10.1 Å². The number of anilines is 1. The molecule has 1 amide bonds. The van der Waals surface area contributed by atoms with Crippen LogP contribution in [0.25, 0.3) is 0 Å². The highest BCUT2D eigenvalue weighted by molar-refractivity contribution is 5.98. The summed E-state index contributed by atoms with van der Waals surface area (Å²) in [5, 5.41) is 12.1. The maximum Gasteiger partial charge on any atom is 0.256 e. The van der Waals surface area contributed by atoms with Crippen molar-refractivity contribution < 1.29 is 14.3 Å². The van der Waals surface area contributed by atoms with E-state index < -0.39 is 5.60 Å². The van der Waals surface area contributed by atoms with Crippen molar-refractivity contribution in [1.82, 2.24) is 0 Å². The van der Waals surface area contributed by atoms with Gasteiger partial charge in [0.25, 0.3) is 5.91 Å². The lowest BCUT2D eigenvalue weighted by atomic mass is 9.97. The first-order valence-corrected chi connectivity index (χ1v) is 8.04. The third kappa shape index (κ3) is 5.26. The normalized spacial score (nSPS) is 13.0. The molecule has 0 aliphatic carbocycles. The van der Waals surface area contributed by atoms with E-state index in [-0.39, 0.29) is 5.91 Å². The number of carbonyl (C=O) groups is 1. The molecule has 0 bridgehead atoms. The third-order valence-electron chi connectivity index (χ3n) is 3.77. The first-order valence-electron chi connectivity index (χ1n) is 8.04. The summed E-state index contributed by atoms with van der Waals surface area (Å²) in [4.78, 5) is 12.5. The molecule has 0 radical (unpaired) electrons. The van der Waals surface area contributed by atoms with Crippen LogP contribution in [-0.2, 0) is 9.53 Å². The SMILES string of the molecule is CCCCC(C)(OC)C(=O)Nc1ccc(OCCC)cc1C#N. The average molecular weight is 318 g/mol. The predicted molar refractivity (Wildman–Crippen MR) is 90.5 cm³/mol. The minimum absolute atomic E-state index is 0.243. The molecule has 0 saturated carbocycles. The highest BCUT2D eigenvalue weighted by Gasteiger charge is 2.32. The van der Waals surface area contributed by atoms with Gasteiger partial charge in [-0.2, -0.15) is 5.26 Å². The predicted octanol–water partition coefficient (Wildman–Crippen LogP) is 3.88. The van der Waals surface area contributed by atoms with Crippen molar-refractivity contribution in [2.45, 2.75) is 52.1 Å². The van der Waals surface area contributed by atoms with Crippen LogP contribution in [-0.4, -0.2) is 25.2 Å². The number of unbranched alkanes of at least 4 members (excludes halogenated alkanes) is 1. The van der Waals surface area contributed by atoms with E-state index in [1.54, 1.807) is 25.1 Å². The monoisotopic (exact) mass is 318 g/mol. The smallest absolute Gasteiger partial charge is 0.256 e. The molecule has 1 N–H and O–H groups in total. The maximum atomic E-state index is 12.5. The van der Waals surface area contributed by atoms with Gasteiger partial charge in [-0.15, -0.1) is 0 Å².